The van der Waals surface area contributed by atoms with Gasteiger partial charge in [-0.15, -0.1) is 11.3 Å². The molecular formula is C12H11N7S. The largest absolute Gasteiger partial charge is 0.382 e. The minimum absolute atomic E-state index is 0.209. The summed E-state index contributed by atoms with van der Waals surface area (Å²) in [5.74, 6) is 0.417. The zero-order chi connectivity index (χ0) is 13.9. The minimum atomic E-state index is 0.209. The number of nitrogens with two attached hydrogens (primary N) is 2. The fourth-order valence-electron chi connectivity index (χ4n) is 1.65. The average Bonchev–Trinajstić information content (AvgIpc) is 2.90. The van der Waals surface area contributed by atoms with E-state index in [0.29, 0.717) is 21.5 Å². The van der Waals surface area contributed by atoms with Crippen molar-refractivity contribution in [1.29, 1.82) is 0 Å². The Bertz CT molecular complexity index is 766. The highest BCUT2D eigenvalue weighted by atomic mass is 32.1. The van der Waals surface area contributed by atoms with Crippen molar-refractivity contribution >= 4 is 39.1 Å². The van der Waals surface area contributed by atoms with Crippen LogP contribution in [0.3, 0.4) is 0 Å². The van der Waals surface area contributed by atoms with Gasteiger partial charge in [0.15, 0.2) is 17.0 Å². The molecule has 3 aromatic rings. The summed E-state index contributed by atoms with van der Waals surface area (Å²) in [4.78, 5) is 12.6. The van der Waals surface area contributed by atoms with Crippen molar-refractivity contribution in [3.63, 3.8) is 0 Å². The number of rotatable bonds is 2. The number of anilines is 3. The summed E-state index contributed by atoms with van der Waals surface area (Å²) in [7, 11) is 0. The van der Waals surface area contributed by atoms with Gasteiger partial charge >= 0.3 is 0 Å². The molecule has 0 fully saturated rings. The fraction of sp³-hybridized carbons (Fsp3) is 0. The molecule has 0 spiro atoms. The van der Waals surface area contributed by atoms with Gasteiger partial charge in [-0.25, -0.2) is 15.0 Å². The van der Waals surface area contributed by atoms with E-state index in [1.807, 2.05) is 29.6 Å². The molecule has 0 saturated heterocycles. The van der Waals surface area contributed by atoms with Crippen LogP contribution in [0.4, 0.5) is 16.8 Å². The lowest BCUT2D eigenvalue weighted by molar-refractivity contribution is 1.18. The predicted octanol–water partition coefficient (Wildman–Crippen LogP) is 1.18. The number of hydrogen-bond acceptors (Lipinski definition) is 8. The number of fused-ring (bicyclic) bond motifs is 1. The Morgan fingerprint density at radius 2 is 1.70 bits per heavy atom. The number of aromatic nitrogens is 3. The van der Waals surface area contributed by atoms with E-state index >= 15 is 0 Å². The van der Waals surface area contributed by atoms with Crippen molar-refractivity contribution in [1.82, 2.24) is 15.0 Å². The van der Waals surface area contributed by atoms with Crippen LogP contribution >= 0.6 is 11.3 Å². The lowest BCUT2D eigenvalue weighted by Gasteiger charge is -1.94. The summed E-state index contributed by atoms with van der Waals surface area (Å²) < 4.78 is 0. The van der Waals surface area contributed by atoms with Crippen molar-refractivity contribution in [2.45, 2.75) is 0 Å². The first-order valence-corrected chi connectivity index (χ1v) is 6.63. The van der Waals surface area contributed by atoms with Crippen LogP contribution in [0.1, 0.15) is 0 Å². The van der Waals surface area contributed by atoms with Gasteiger partial charge in [-0.3, -0.25) is 5.43 Å². The third kappa shape index (κ3) is 2.36. The summed E-state index contributed by atoms with van der Waals surface area (Å²) in [6.07, 6.45) is 1.67. The van der Waals surface area contributed by atoms with Gasteiger partial charge in [0.05, 0.1) is 11.0 Å². The van der Waals surface area contributed by atoms with Gasteiger partial charge in [-0.2, -0.15) is 5.10 Å². The first kappa shape index (κ1) is 12.3. The number of nitrogen functional groups attached to an aromatic ring is 2. The molecule has 0 aliphatic heterocycles. The van der Waals surface area contributed by atoms with Crippen LogP contribution < -0.4 is 22.3 Å². The number of benzene rings is 1. The lowest BCUT2D eigenvalue weighted by Crippen LogP contribution is -2.16. The van der Waals surface area contributed by atoms with E-state index in [9.17, 15) is 0 Å². The van der Waals surface area contributed by atoms with Crippen molar-refractivity contribution < 1.29 is 0 Å². The average molecular weight is 285 g/mol. The molecular weight excluding hydrogens is 274 g/mol. The number of thiazole rings is 1. The van der Waals surface area contributed by atoms with Crippen LogP contribution in [-0.4, -0.2) is 15.0 Å². The maximum absolute atomic E-state index is 5.93. The third-order valence-corrected chi connectivity index (χ3v) is 3.22. The maximum atomic E-state index is 5.93. The molecule has 3 rings (SSSR count). The smallest absolute Gasteiger partial charge is 0.203 e. The molecule has 0 bridgehead atoms. The second-order valence-electron chi connectivity index (χ2n) is 3.89. The number of hydrogen-bond donors (Lipinski definition) is 3. The van der Waals surface area contributed by atoms with Crippen LogP contribution in [0, 0.1) is 0 Å². The highest BCUT2D eigenvalue weighted by Gasteiger charge is 2.02. The van der Waals surface area contributed by atoms with Crippen molar-refractivity contribution in [2.75, 3.05) is 16.9 Å². The summed E-state index contributed by atoms with van der Waals surface area (Å²) in [6.45, 7) is 0. The number of nitrogens with zero attached hydrogens (tertiary/aromatic N) is 4. The van der Waals surface area contributed by atoms with Crippen molar-refractivity contribution in [2.24, 2.45) is 5.10 Å². The first-order valence-electron chi connectivity index (χ1n) is 5.75. The van der Waals surface area contributed by atoms with E-state index in [2.05, 4.69) is 25.5 Å². The van der Waals surface area contributed by atoms with Gasteiger partial charge in [-0.1, -0.05) is 12.1 Å². The molecule has 0 radical (unpaired) electrons. The Hall–Kier alpha value is -2.74. The Kier molecular flexibility index (Phi) is 3.13. The standard InChI is InChI=1S/C12H11N7S/c13-10-9(18-19-12-15-5-6-20-12)11(14)17-8-4-2-1-3-7(8)16-10/h1-6H,(H,15,19)(H4,13,14,16,17,18). The van der Waals surface area contributed by atoms with Crippen molar-refractivity contribution in [3.8, 4) is 0 Å². The topological polar surface area (TPSA) is 115 Å². The Morgan fingerprint density at radius 1 is 1.05 bits per heavy atom. The molecule has 1 aromatic carbocycles. The molecule has 20 heavy (non-hydrogen) atoms. The number of nitrogens with one attached hydrogen (secondary N) is 1. The molecule has 0 saturated carbocycles. The molecule has 0 aliphatic rings. The van der Waals surface area contributed by atoms with Gasteiger partial charge < -0.3 is 11.5 Å². The molecule has 0 atom stereocenters. The minimum Gasteiger partial charge on any atom is -0.382 e. The van der Waals surface area contributed by atoms with Gasteiger partial charge in [0.2, 0.25) is 5.13 Å². The van der Waals surface area contributed by atoms with E-state index < -0.39 is 0 Å². The second-order valence-corrected chi connectivity index (χ2v) is 4.79. The molecule has 7 nitrogen and oxygen atoms in total. The summed E-state index contributed by atoms with van der Waals surface area (Å²) in [5.41, 5.74) is 16.0. The third-order valence-electron chi connectivity index (χ3n) is 2.54. The van der Waals surface area contributed by atoms with Crippen LogP contribution in [0.2, 0.25) is 0 Å². The van der Waals surface area contributed by atoms with Gasteiger partial charge in [-0.05, 0) is 12.1 Å². The molecule has 2 aromatic heterocycles. The van der Waals surface area contributed by atoms with E-state index in [0.717, 1.165) is 0 Å². The number of para-hydroxylation sites is 2. The molecule has 0 unspecified atom stereocenters. The summed E-state index contributed by atoms with van der Waals surface area (Å²) in [5, 5.41) is 6.91. The molecule has 100 valence electrons. The predicted molar refractivity (Wildman–Crippen MR) is 79.7 cm³/mol. The van der Waals surface area contributed by atoms with E-state index in [4.69, 9.17) is 11.5 Å². The van der Waals surface area contributed by atoms with Crippen LogP contribution in [0.5, 0.6) is 0 Å². The molecule has 8 heteroatoms. The molecule has 0 amide bonds. The molecule has 0 aliphatic carbocycles. The summed E-state index contributed by atoms with van der Waals surface area (Å²) in [6, 6.07) is 7.35. The van der Waals surface area contributed by atoms with E-state index in [1.165, 1.54) is 11.3 Å². The van der Waals surface area contributed by atoms with Crippen molar-refractivity contribution in [3.05, 3.63) is 41.2 Å². The van der Waals surface area contributed by atoms with Crippen LogP contribution in [0.25, 0.3) is 11.0 Å². The van der Waals surface area contributed by atoms with Gasteiger partial charge in [0.1, 0.15) is 0 Å². The zero-order valence-corrected chi connectivity index (χ0v) is 11.1. The highest BCUT2D eigenvalue weighted by Crippen LogP contribution is 2.11. The van der Waals surface area contributed by atoms with Gasteiger partial charge in [0.25, 0.3) is 0 Å². The quantitative estimate of drug-likeness (QED) is 0.609. The van der Waals surface area contributed by atoms with Gasteiger partial charge in [0, 0.05) is 11.6 Å². The second kappa shape index (κ2) is 5.10. The maximum Gasteiger partial charge on any atom is 0.203 e. The Labute approximate surface area is 118 Å². The van der Waals surface area contributed by atoms with E-state index in [-0.39, 0.29) is 11.6 Å². The fourth-order valence-corrected chi connectivity index (χ4v) is 2.12. The first-order chi connectivity index (χ1) is 9.74. The SMILES string of the molecule is Nc1nc2ccccc2nc(N)c1=NNc1nccs1. The van der Waals surface area contributed by atoms with Crippen LogP contribution in [-0.2, 0) is 0 Å². The molecule has 2 heterocycles. The Morgan fingerprint density at radius 3 is 2.25 bits per heavy atom. The monoisotopic (exact) mass is 285 g/mol. The normalized spacial score (nSPS) is 10.4. The Balaban J connectivity index is 2.17. The highest BCUT2D eigenvalue weighted by molar-refractivity contribution is 7.13. The van der Waals surface area contributed by atoms with E-state index in [1.54, 1.807) is 6.20 Å². The summed E-state index contributed by atoms with van der Waals surface area (Å²) >= 11 is 1.42. The zero-order valence-electron chi connectivity index (χ0n) is 10.3. The molecule has 5 N–H and O–H groups in total. The van der Waals surface area contributed by atoms with Crippen LogP contribution in [0.15, 0.2) is 40.9 Å². The lowest BCUT2D eigenvalue weighted by atomic mass is 10.3.